The lowest BCUT2D eigenvalue weighted by Crippen LogP contribution is -2.52. The Morgan fingerprint density at radius 1 is 1.47 bits per heavy atom. The molecule has 1 N–H and O–H groups in total. The minimum Gasteiger partial charge on any atom is -0.444 e. The van der Waals surface area contributed by atoms with E-state index < -0.39 is 5.60 Å². The van der Waals surface area contributed by atoms with Crippen molar-refractivity contribution in [1.29, 1.82) is 0 Å². The van der Waals surface area contributed by atoms with Crippen molar-refractivity contribution in [3.63, 3.8) is 0 Å². The summed E-state index contributed by atoms with van der Waals surface area (Å²) in [5, 5.41) is 10.8. The van der Waals surface area contributed by atoms with E-state index in [1.54, 1.807) is 4.90 Å². The van der Waals surface area contributed by atoms with Gasteiger partial charge in [0.25, 0.3) is 0 Å². The molecule has 1 rings (SSSR count). The minimum absolute atomic E-state index is 0.132. The third-order valence-corrected chi connectivity index (χ3v) is 2.30. The Bertz CT molecular complexity index is 327. The highest BCUT2D eigenvalue weighted by Crippen LogP contribution is 2.21. The van der Waals surface area contributed by atoms with Gasteiger partial charge in [0.2, 0.25) is 0 Å². The Morgan fingerprint density at radius 2 is 2.06 bits per heavy atom. The van der Waals surface area contributed by atoms with Crippen molar-refractivity contribution in [2.75, 3.05) is 13.1 Å². The highest BCUT2D eigenvalue weighted by atomic mass is 16.6. The van der Waals surface area contributed by atoms with Gasteiger partial charge in [-0.2, -0.15) is 0 Å². The van der Waals surface area contributed by atoms with Crippen LogP contribution in [0.5, 0.6) is 0 Å². The van der Waals surface area contributed by atoms with Crippen molar-refractivity contribution in [3.05, 3.63) is 0 Å². The van der Waals surface area contributed by atoms with Crippen LogP contribution >= 0.6 is 0 Å². The molecule has 0 saturated carbocycles. The molecule has 96 valence electrons. The number of rotatable bonds is 3. The molecule has 0 radical (unpaired) electrons. The first-order valence-electron chi connectivity index (χ1n) is 5.50. The maximum Gasteiger partial charge on any atom is 0.410 e. The Labute approximate surface area is 100 Å². The molecule has 1 aliphatic rings. The summed E-state index contributed by atoms with van der Waals surface area (Å²) < 4.78 is 5.18. The first kappa shape index (κ1) is 13.5. The molecule has 17 heavy (non-hydrogen) atoms. The zero-order valence-electron chi connectivity index (χ0n) is 10.3. The third kappa shape index (κ3) is 4.42. The van der Waals surface area contributed by atoms with Crippen LogP contribution in [-0.4, -0.2) is 46.9 Å². The number of carbonyl (C=O) groups is 2. The summed E-state index contributed by atoms with van der Waals surface area (Å²) in [6.45, 7) is 6.45. The number of amides is 1. The van der Waals surface area contributed by atoms with Gasteiger partial charge in [0.05, 0.1) is 0 Å². The number of likely N-dealkylation sites (tertiary alicyclic amines) is 1. The van der Waals surface area contributed by atoms with E-state index in [1.165, 1.54) is 0 Å². The average Bonchev–Trinajstić information content (AvgIpc) is 2.07. The summed E-state index contributed by atoms with van der Waals surface area (Å²) in [6, 6.07) is 0. The maximum atomic E-state index is 11.6. The van der Waals surface area contributed by atoms with Crippen LogP contribution in [0.4, 0.5) is 4.79 Å². The van der Waals surface area contributed by atoms with Crippen LogP contribution in [0.25, 0.3) is 0 Å². The summed E-state index contributed by atoms with van der Waals surface area (Å²) in [5.41, 5.74) is -0.498. The van der Waals surface area contributed by atoms with E-state index in [-0.39, 0.29) is 17.8 Å². The van der Waals surface area contributed by atoms with Gasteiger partial charge >= 0.3 is 6.09 Å². The highest BCUT2D eigenvalue weighted by Gasteiger charge is 2.34. The number of ether oxygens (including phenoxy) is 1. The average molecular weight is 242 g/mol. The van der Waals surface area contributed by atoms with Gasteiger partial charge in [-0.3, -0.25) is 4.79 Å². The van der Waals surface area contributed by atoms with Gasteiger partial charge < -0.3 is 14.8 Å². The molecule has 0 bridgehead atoms. The molecule has 6 nitrogen and oxygen atoms in total. The van der Waals surface area contributed by atoms with Crippen LogP contribution < -0.4 is 0 Å². The topological polar surface area (TPSA) is 79.2 Å². The molecule has 1 amide bonds. The molecule has 0 aromatic carbocycles. The van der Waals surface area contributed by atoms with E-state index >= 15 is 0 Å². The second-order valence-electron chi connectivity index (χ2n) is 5.17. The van der Waals surface area contributed by atoms with E-state index in [2.05, 4.69) is 5.16 Å². The summed E-state index contributed by atoms with van der Waals surface area (Å²) in [6.07, 6.45) is 0.830. The predicted molar refractivity (Wildman–Crippen MR) is 61.2 cm³/mol. The zero-order chi connectivity index (χ0) is 13.1. The second kappa shape index (κ2) is 5.16. The SMILES string of the molecule is CC(C)(C)OC(=O)N1CC(CC(=O)/C=N/O)C1. The number of Topliss-reactive ketones (excluding diaryl/α,β-unsaturated/α-hetero) is 1. The fourth-order valence-electron chi connectivity index (χ4n) is 1.58. The van der Waals surface area contributed by atoms with Crippen molar-refractivity contribution in [2.24, 2.45) is 11.1 Å². The maximum absolute atomic E-state index is 11.6. The summed E-state index contributed by atoms with van der Waals surface area (Å²) in [7, 11) is 0. The molecule has 0 aromatic heterocycles. The van der Waals surface area contributed by atoms with Crippen LogP contribution in [0.3, 0.4) is 0 Å². The van der Waals surface area contributed by atoms with Gasteiger partial charge in [-0.05, 0) is 20.8 Å². The fourth-order valence-corrected chi connectivity index (χ4v) is 1.58. The first-order chi connectivity index (χ1) is 7.81. The molecule has 0 atom stereocenters. The molecule has 6 heteroatoms. The molecule has 0 spiro atoms. The van der Waals surface area contributed by atoms with Gasteiger partial charge in [0.15, 0.2) is 5.78 Å². The molecular formula is C11H18N2O4. The third-order valence-electron chi connectivity index (χ3n) is 2.30. The predicted octanol–water partition coefficient (Wildman–Crippen LogP) is 1.27. The summed E-state index contributed by atoms with van der Waals surface area (Å²) in [5.74, 6) is -0.102. The smallest absolute Gasteiger partial charge is 0.410 e. The van der Waals surface area contributed by atoms with Gasteiger partial charge in [-0.25, -0.2) is 4.79 Å². The Balaban J connectivity index is 2.27. The van der Waals surface area contributed by atoms with E-state index in [4.69, 9.17) is 9.94 Å². The van der Waals surface area contributed by atoms with Crippen molar-refractivity contribution < 1.29 is 19.5 Å². The van der Waals surface area contributed by atoms with Crippen molar-refractivity contribution in [1.82, 2.24) is 4.90 Å². The standard InChI is InChI=1S/C11H18N2O4/c1-11(2,3)17-10(15)13-6-8(7-13)4-9(14)5-12-16/h5,8,16H,4,6-7H2,1-3H3/b12-5+. The molecule has 1 fully saturated rings. The molecule has 0 unspecified atom stereocenters. The number of oxime groups is 1. The monoisotopic (exact) mass is 242 g/mol. The van der Waals surface area contributed by atoms with Crippen molar-refractivity contribution >= 4 is 18.1 Å². The largest absolute Gasteiger partial charge is 0.444 e. The van der Waals surface area contributed by atoms with Crippen molar-refractivity contribution in [3.8, 4) is 0 Å². The van der Waals surface area contributed by atoms with Crippen LogP contribution in [0.1, 0.15) is 27.2 Å². The number of hydrogen-bond donors (Lipinski definition) is 1. The normalized spacial score (nSPS) is 17.0. The summed E-state index contributed by atoms with van der Waals surface area (Å²) >= 11 is 0. The van der Waals surface area contributed by atoms with E-state index in [9.17, 15) is 9.59 Å². The van der Waals surface area contributed by atoms with Crippen LogP contribution in [0, 0.1) is 5.92 Å². The van der Waals surface area contributed by atoms with Crippen LogP contribution in [0.2, 0.25) is 0 Å². The minimum atomic E-state index is -0.498. The first-order valence-corrected chi connectivity index (χ1v) is 5.50. The van der Waals surface area contributed by atoms with Crippen molar-refractivity contribution in [2.45, 2.75) is 32.8 Å². The van der Waals surface area contributed by atoms with E-state index in [1.807, 2.05) is 20.8 Å². The fraction of sp³-hybridized carbons (Fsp3) is 0.727. The van der Waals surface area contributed by atoms with E-state index in [0.29, 0.717) is 19.5 Å². The Morgan fingerprint density at radius 3 is 2.53 bits per heavy atom. The van der Waals surface area contributed by atoms with Gasteiger partial charge in [-0.1, -0.05) is 5.16 Å². The number of ketones is 1. The zero-order valence-corrected chi connectivity index (χ0v) is 10.3. The molecule has 0 aromatic rings. The summed E-state index contributed by atoms with van der Waals surface area (Å²) in [4.78, 5) is 24.2. The molecule has 1 heterocycles. The van der Waals surface area contributed by atoms with Crippen LogP contribution in [-0.2, 0) is 9.53 Å². The lowest BCUT2D eigenvalue weighted by molar-refractivity contribution is -0.114. The van der Waals surface area contributed by atoms with Gasteiger partial charge in [-0.15, -0.1) is 0 Å². The molecule has 1 saturated heterocycles. The lowest BCUT2D eigenvalue weighted by Gasteiger charge is -2.39. The molecule has 0 aliphatic carbocycles. The second-order valence-corrected chi connectivity index (χ2v) is 5.17. The van der Waals surface area contributed by atoms with E-state index in [0.717, 1.165) is 6.21 Å². The Kier molecular flexibility index (Phi) is 4.09. The highest BCUT2D eigenvalue weighted by molar-refractivity contribution is 6.27. The molecular weight excluding hydrogens is 224 g/mol. The van der Waals surface area contributed by atoms with Gasteiger partial charge in [0, 0.05) is 25.4 Å². The number of carbonyl (C=O) groups excluding carboxylic acids is 2. The van der Waals surface area contributed by atoms with Gasteiger partial charge in [0.1, 0.15) is 11.8 Å². The Hall–Kier alpha value is -1.59. The number of hydrogen-bond acceptors (Lipinski definition) is 5. The molecule has 1 aliphatic heterocycles. The van der Waals surface area contributed by atoms with Crippen LogP contribution in [0.15, 0.2) is 5.16 Å². The number of nitrogens with zero attached hydrogens (tertiary/aromatic N) is 2. The lowest BCUT2D eigenvalue weighted by atomic mass is 9.95. The quantitative estimate of drug-likeness (QED) is 0.459.